The molecule has 0 radical (unpaired) electrons. The zero-order valence-electron chi connectivity index (χ0n) is 11.7. The van der Waals surface area contributed by atoms with E-state index in [0.29, 0.717) is 18.9 Å². The van der Waals surface area contributed by atoms with Gasteiger partial charge in [-0.3, -0.25) is 10.4 Å². The minimum atomic E-state index is 0.210. The Morgan fingerprint density at radius 2 is 2.11 bits per heavy atom. The van der Waals surface area contributed by atoms with Gasteiger partial charge < -0.3 is 10.6 Å². The zero-order valence-corrected chi connectivity index (χ0v) is 11.7. The van der Waals surface area contributed by atoms with Crippen molar-refractivity contribution in [3.8, 4) is 0 Å². The van der Waals surface area contributed by atoms with Crippen molar-refractivity contribution in [3.63, 3.8) is 0 Å². The van der Waals surface area contributed by atoms with E-state index in [0.717, 1.165) is 23.8 Å². The zero-order chi connectivity index (χ0) is 13.7. The van der Waals surface area contributed by atoms with E-state index < -0.39 is 0 Å². The van der Waals surface area contributed by atoms with Gasteiger partial charge in [-0.05, 0) is 19.8 Å². The van der Waals surface area contributed by atoms with Crippen LogP contribution in [0, 0.1) is 25.2 Å². The molecule has 0 aliphatic rings. The second-order valence-corrected chi connectivity index (χ2v) is 5.04. The Morgan fingerprint density at radius 3 is 2.67 bits per heavy atom. The van der Waals surface area contributed by atoms with Gasteiger partial charge in [0.1, 0.15) is 5.82 Å². The van der Waals surface area contributed by atoms with Crippen LogP contribution < -0.4 is 10.6 Å². The van der Waals surface area contributed by atoms with Crippen LogP contribution in [0.4, 0.5) is 5.82 Å². The number of hydrogen-bond donors (Lipinski definition) is 2. The van der Waals surface area contributed by atoms with Gasteiger partial charge >= 0.3 is 0 Å². The maximum atomic E-state index is 7.34. The Bertz CT molecular complexity index is 414. The molecule has 1 aromatic heterocycles. The monoisotopic (exact) mass is 249 g/mol. The lowest BCUT2D eigenvalue weighted by atomic mass is 10.2. The molecular formula is C13H23N5. The first-order chi connectivity index (χ1) is 8.40. The number of nitrogens with zero attached hydrogens (tertiary/aromatic N) is 3. The second kappa shape index (κ2) is 6.33. The molecule has 0 aliphatic heterocycles. The summed E-state index contributed by atoms with van der Waals surface area (Å²) in [5.41, 5.74) is 7.27. The smallest absolute Gasteiger partial charge is 0.150 e. The number of amidine groups is 1. The number of hydrogen-bond acceptors (Lipinski definition) is 4. The summed E-state index contributed by atoms with van der Waals surface area (Å²) in [5.74, 6) is 1.64. The van der Waals surface area contributed by atoms with E-state index in [9.17, 15) is 0 Å². The first-order valence-corrected chi connectivity index (χ1v) is 6.28. The van der Waals surface area contributed by atoms with Crippen LogP contribution in [-0.4, -0.2) is 28.9 Å². The van der Waals surface area contributed by atoms with Crippen molar-refractivity contribution in [2.24, 2.45) is 11.7 Å². The molecule has 0 aliphatic carbocycles. The van der Waals surface area contributed by atoms with Crippen LogP contribution in [0.25, 0.3) is 0 Å². The van der Waals surface area contributed by atoms with E-state index in [2.05, 4.69) is 28.7 Å². The fourth-order valence-electron chi connectivity index (χ4n) is 1.80. The molecule has 0 saturated heterocycles. The highest BCUT2D eigenvalue weighted by Gasteiger charge is 2.13. The molecule has 0 unspecified atom stereocenters. The molecule has 0 spiro atoms. The number of aromatic nitrogens is 2. The third kappa shape index (κ3) is 4.31. The molecule has 0 atom stereocenters. The Hall–Kier alpha value is -1.65. The summed E-state index contributed by atoms with van der Waals surface area (Å²) >= 11 is 0. The van der Waals surface area contributed by atoms with Gasteiger partial charge in [-0.1, -0.05) is 13.8 Å². The van der Waals surface area contributed by atoms with Crippen molar-refractivity contribution >= 4 is 11.7 Å². The van der Waals surface area contributed by atoms with E-state index in [1.54, 1.807) is 6.20 Å². The summed E-state index contributed by atoms with van der Waals surface area (Å²) < 4.78 is 0. The highest BCUT2D eigenvalue weighted by atomic mass is 15.2. The van der Waals surface area contributed by atoms with Gasteiger partial charge in [0, 0.05) is 25.7 Å². The van der Waals surface area contributed by atoms with Gasteiger partial charge in [0.15, 0.2) is 0 Å². The third-order valence-electron chi connectivity index (χ3n) is 2.59. The molecule has 1 aromatic rings. The molecule has 1 rings (SSSR count). The Kier molecular flexibility index (Phi) is 5.07. The topological polar surface area (TPSA) is 78.9 Å². The van der Waals surface area contributed by atoms with Crippen LogP contribution in [0.3, 0.4) is 0 Å². The second-order valence-electron chi connectivity index (χ2n) is 5.04. The van der Waals surface area contributed by atoms with Crippen molar-refractivity contribution in [2.45, 2.75) is 34.1 Å². The molecule has 3 N–H and O–H groups in total. The minimum Gasteiger partial charge on any atom is -0.388 e. The average molecular weight is 249 g/mol. The van der Waals surface area contributed by atoms with Gasteiger partial charge in [0.25, 0.3) is 0 Å². The van der Waals surface area contributed by atoms with Crippen LogP contribution in [0.2, 0.25) is 0 Å². The normalized spacial score (nSPS) is 10.7. The Morgan fingerprint density at radius 1 is 1.44 bits per heavy atom. The lowest BCUT2D eigenvalue weighted by Crippen LogP contribution is -2.32. The quantitative estimate of drug-likeness (QED) is 0.596. The third-order valence-corrected chi connectivity index (χ3v) is 2.59. The summed E-state index contributed by atoms with van der Waals surface area (Å²) in [6, 6.07) is 0. The molecule has 5 heteroatoms. The summed E-state index contributed by atoms with van der Waals surface area (Å²) in [6.07, 6.45) is 2.33. The first kappa shape index (κ1) is 14.4. The van der Waals surface area contributed by atoms with E-state index in [1.165, 1.54) is 0 Å². The molecule has 5 nitrogen and oxygen atoms in total. The van der Waals surface area contributed by atoms with Gasteiger partial charge in [-0.2, -0.15) is 0 Å². The molecule has 0 saturated carbocycles. The van der Waals surface area contributed by atoms with E-state index in [-0.39, 0.29) is 5.84 Å². The molecule has 0 amide bonds. The lowest BCUT2D eigenvalue weighted by Gasteiger charge is -2.26. The van der Waals surface area contributed by atoms with Crippen molar-refractivity contribution in [1.29, 1.82) is 5.41 Å². The van der Waals surface area contributed by atoms with Gasteiger partial charge in [0.05, 0.1) is 17.2 Å². The largest absolute Gasteiger partial charge is 0.388 e. The fraction of sp³-hybridized carbons (Fsp3) is 0.615. The minimum absolute atomic E-state index is 0.210. The molecule has 0 fully saturated rings. The van der Waals surface area contributed by atoms with Crippen molar-refractivity contribution < 1.29 is 0 Å². The summed E-state index contributed by atoms with van der Waals surface area (Å²) in [7, 11) is 0. The van der Waals surface area contributed by atoms with E-state index in [4.69, 9.17) is 11.1 Å². The summed E-state index contributed by atoms with van der Waals surface area (Å²) in [6.45, 7) is 9.84. The summed E-state index contributed by atoms with van der Waals surface area (Å²) in [4.78, 5) is 11.1. The number of nitrogens with one attached hydrogen (secondary N) is 1. The van der Waals surface area contributed by atoms with Gasteiger partial charge in [-0.15, -0.1) is 0 Å². The maximum Gasteiger partial charge on any atom is 0.150 e. The highest BCUT2D eigenvalue weighted by Crippen LogP contribution is 2.17. The van der Waals surface area contributed by atoms with Gasteiger partial charge in [-0.25, -0.2) is 4.98 Å². The number of aryl methyl sites for hydroxylation is 2. The molecule has 0 aromatic carbocycles. The van der Waals surface area contributed by atoms with Gasteiger partial charge in [0.2, 0.25) is 0 Å². The average Bonchev–Trinajstić information content (AvgIpc) is 2.27. The predicted molar refractivity (Wildman–Crippen MR) is 75.1 cm³/mol. The van der Waals surface area contributed by atoms with E-state index >= 15 is 0 Å². The Balaban J connectivity index is 2.92. The lowest BCUT2D eigenvalue weighted by molar-refractivity contribution is 0.606. The predicted octanol–water partition coefficient (Wildman–Crippen LogP) is 1.88. The first-order valence-electron chi connectivity index (χ1n) is 6.28. The molecule has 100 valence electrons. The standard InChI is InChI=1S/C13H23N5/c1-9(2)8-18(6-5-12(14)15)13-11(4)16-7-10(3)17-13/h7,9H,5-6,8H2,1-4H3,(H3,14,15). The molecule has 0 bridgehead atoms. The van der Waals surface area contributed by atoms with E-state index in [1.807, 2.05) is 13.8 Å². The number of nitrogens with two attached hydrogens (primary N) is 1. The number of rotatable bonds is 6. The van der Waals surface area contributed by atoms with Crippen molar-refractivity contribution in [3.05, 3.63) is 17.6 Å². The van der Waals surface area contributed by atoms with Crippen LogP contribution >= 0.6 is 0 Å². The highest BCUT2D eigenvalue weighted by molar-refractivity contribution is 5.77. The SMILES string of the molecule is Cc1cnc(C)c(N(CCC(=N)N)CC(C)C)n1. The van der Waals surface area contributed by atoms with Crippen LogP contribution in [-0.2, 0) is 0 Å². The maximum absolute atomic E-state index is 7.34. The Labute approximate surface area is 109 Å². The fourth-order valence-corrected chi connectivity index (χ4v) is 1.80. The molecule has 18 heavy (non-hydrogen) atoms. The van der Waals surface area contributed by atoms with Crippen molar-refractivity contribution in [2.75, 3.05) is 18.0 Å². The van der Waals surface area contributed by atoms with Crippen LogP contribution in [0.1, 0.15) is 31.7 Å². The molecular weight excluding hydrogens is 226 g/mol. The van der Waals surface area contributed by atoms with Crippen molar-refractivity contribution in [1.82, 2.24) is 9.97 Å². The van der Waals surface area contributed by atoms with Crippen LogP contribution in [0.15, 0.2) is 6.20 Å². The summed E-state index contributed by atoms with van der Waals surface area (Å²) in [5, 5.41) is 7.34. The number of anilines is 1. The molecule has 1 heterocycles. The van der Waals surface area contributed by atoms with Crippen LogP contribution in [0.5, 0.6) is 0 Å².